The Kier molecular flexibility index (Phi) is 4.80. The van der Waals surface area contributed by atoms with Crippen LogP contribution in [0.15, 0.2) is 18.3 Å². The molecule has 0 amide bonds. The van der Waals surface area contributed by atoms with Crippen LogP contribution in [-0.2, 0) is 16.2 Å². The van der Waals surface area contributed by atoms with E-state index in [1.807, 2.05) is 32.9 Å². The number of hydrogen-bond donors (Lipinski definition) is 1. The van der Waals surface area contributed by atoms with Crippen molar-refractivity contribution in [2.45, 2.75) is 27.3 Å². The van der Waals surface area contributed by atoms with Crippen LogP contribution >= 0.6 is 0 Å². The van der Waals surface area contributed by atoms with Gasteiger partial charge in [-0.05, 0) is 32.4 Å². The summed E-state index contributed by atoms with van der Waals surface area (Å²) in [6.45, 7) is 9.60. The first-order valence-electron chi connectivity index (χ1n) is 7.25. The highest BCUT2D eigenvalue weighted by molar-refractivity contribution is 5.75. The summed E-state index contributed by atoms with van der Waals surface area (Å²) in [5, 5.41) is 1.76. The SMILES string of the molecule is CC(C)(C)C(=O)ON1CCN(Cc2ccc(N)nc2)CC1. The second-order valence-corrected chi connectivity index (χ2v) is 6.43. The molecule has 6 heteroatoms. The number of nitrogens with zero attached hydrogens (tertiary/aromatic N) is 3. The second-order valence-electron chi connectivity index (χ2n) is 6.43. The van der Waals surface area contributed by atoms with Gasteiger partial charge in [0.25, 0.3) is 0 Å². The summed E-state index contributed by atoms with van der Waals surface area (Å²) < 4.78 is 0. The minimum Gasteiger partial charge on any atom is -0.384 e. The topological polar surface area (TPSA) is 71.7 Å². The van der Waals surface area contributed by atoms with E-state index in [4.69, 9.17) is 10.6 Å². The summed E-state index contributed by atoms with van der Waals surface area (Å²) in [7, 11) is 0. The summed E-state index contributed by atoms with van der Waals surface area (Å²) in [5.74, 6) is 0.358. The summed E-state index contributed by atoms with van der Waals surface area (Å²) >= 11 is 0. The zero-order valence-corrected chi connectivity index (χ0v) is 13.0. The Hall–Kier alpha value is -1.66. The fraction of sp³-hybridized carbons (Fsp3) is 0.600. The monoisotopic (exact) mass is 292 g/mol. The van der Waals surface area contributed by atoms with Crippen molar-refractivity contribution >= 4 is 11.8 Å². The van der Waals surface area contributed by atoms with Crippen LogP contribution in [0.25, 0.3) is 0 Å². The van der Waals surface area contributed by atoms with E-state index in [1.165, 1.54) is 0 Å². The number of nitrogen functional groups attached to an aromatic ring is 1. The van der Waals surface area contributed by atoms with E-state index in [1.54, 1.807) is 11.3 Å². The summed E-state index contributed by atoms with van der Waals surface area (Å²) in [6, 6.07) is 3.81. The molecule has 0 unspecified atom stereocenters. The zero-order chi connectivity index (χ0) is 15.5. The van der Waals surface area contributed by atoms with Crippen molar-refractivity contribution in [3.63, 3.8) is 0 Å². The normalized spacial score (nSPS) is 17.7. The molecule has 1 aliphatic heterocycles. The quantitative estimate of drug-likeness (QED) is 0.905. The van der Waals surface area contributed by atoms with Crippen molar-refractivity contribution in [1.82, 2.24) is 14.9 Å². The lowest BCUT2D eigenvalue weighted by Gasteiger charge is -2.34. The first-order valence-corrected chi connectivity index (χ1v) is 7.25. The highest BCUT2D eigenvalue weighted by Gasteiger charge is 2.27. The number of rotatable bonds is 3. The summed E-state index contributed by atoms with van der Waals surface area (Å²) in [5.41, 5.74) is 6.26. The van der Waals surface area contributed by atoms with Crippen molar-refractivity contribution in [3.05, 3.63) is 23.9 Å². The van der Waals surface area contributed by atoms with Crippen LogP contribution in [0, 0.1) is 5.41 Å². The molecule has 0 atom stereocenters. The van der Waals surface area contributed by atoms with E-state index in [0.29, 0.717) is 5.82 Å². The molecular weight excluding hydrogens is 268 g/mol. The Morgan fingerprint density at radius 2 is 1.95 bits per heavy atom. The van der Waals surface area contributed by atoms with E-state index in [2.05, 4.69) is 9.88 Å². The molecular formula is C15H24N4O2. The molecule has 21 heavy (non-hydrogen) atoms. The Morgan fingerprint density at radius 1 is 1.29 bits per heavy atom. The van der Waals surface area contributed by atoms with Crippen molar-refractivity contribution in [2.24, 2.45) is 5.41 Å². The molecule has 1 aliphatic rings. The summed E-state index contributed by atoms with van der Waals surface area (Å²) in [6.07, 6.45) is 1.81. The number of carbonyl (C=O) groups is 1. The second kappa shape index (κ2) is 6.41. The first-order chi connectivity index (χ1) is 9.84. The van der Waals surface area contributed by atoms with Crippen LogP contribution in [0.5, 0.6) is 0 Å². The number of anilines is 1. The van der Waals surface area contributed by atoms with Gasteiger partial charge >= 0.3 is 5.97 Å². The maximum absolute atomic E-state index is 11.8. The van der Waals surface area contributed by atoms with Gasteiger partial charge in [0.05, 0.1) is 5.41 Å². The number of nitrogens with two attached hydrogens (primary N) is 1. The molecule has 116 valence electrons. The lowest BCUT2D eigenvalue weighted by molar-refractivity contribution is -0.207. The fourth-order valence-electron chi connectivity index (χ4n) is 2.02. The van der Waals surface area contributed by atoms with Crippen LogP contribution in [-0.4, -0.2) is 47.1 Å². The molecule has 1 fully saturated rings. The smallest absolute Gasteiger partial charge is 0.330 e. The Balaban J connectivity index is 1.78. The maximum atomic E-state index is 11.8. The lowest BCUT2D eigenvalue weighted by Crippen LogP contribution is -2.47. The number of hydrogen-bond acceptors (Lipinski definition) is 6. The van der Waals surface area contributed by atoms with Gasteiger partial charge in [0.15, 0.2) is 0 Å². The van der Waals surface area contributed by atoms with Gasteiger partial charge in [0, 0.05) is 38.9 Å². The lowest BCUT2D eigenvalue weighted by atomic mass is 9.98. The maximum Gasteiger partial charge on any atom is 0.330 e. The van der Waals surface area contributed by atoms with E-state index >= 15 is 0 Å². The third-order valence-corrected chi connectivity index (χ3v) is 3.41. The first kappa shape index (κ1) is 15.7. The minimum absolute atomic E-state index is 0.182. The van der Waals surface area contributed by atoms with Crippen LogP contribution < -0.4 is 5.73 Å². The Morgan fingerprint density at radius 3 is 2.48 bits per heavy atom. The highest BCUT2D eigenvalue weighted by atomic mass is 16.7. The highest BCUT2D eigenvalue weighted by Crippen LogP contribution is 2.17. The fourth-order valence-corrected chi connectivity index (χ4v) is 2.02. The van der Waals surface area contributed by atoms with E-state index in [0.717, 1.165) is 38.3 Å². The molecule has 1 aromatic heterocycles. The third-order valence-electron chi connectivity index (χ3n) is 3.41. The molecule has 2 heterocycles. The third kappa shape index (κ3) is 4.68. The van der Waals surface area contributed by atoms with E-state index in [9.17, 15) is 4.79 Å². The number of carbonyl (C=O) groups excluding carboxylic acids is 1. The molecule has 1 aromatic rings. The van der Waals surface area contributed by atoms with Crippen molar-refractivity contribution in [3.8, 4) is 0 Å². The van der Waals surface area contributed by atoms with E-state index in [-0.39, 0.29) is 5.97 Å². The van der Waals surface area contributed by atoms with Crippen LogP contribution in [0.4, 0.5) is 5.82 Å². The van der Waals surface area contributed by atoms with Gasteiger partial charge < -0.3 is 10.6 Å². The number of aromatic nitrogens is 1. The zero-order valence-electron chi connectivity index (χ0n) is 13.0. The van der Waals surface area contributed by atoms with Crippen LogP contribution in [0.2, 0.25) is 0 Å². The number of hydroxylamine groups is 2. The molecule has 2 N–H and O–H groups in total. The molecule has 0 spiro atoms. The molecule has 0 aromatic carbocycles. The molecule has 0 saturated carbocycles. The van der Waals surface area contributed by atoms with Gasteiger partial charge in [-0.15, -0.1) is 5.06 Å². The van der Waals surface area contributed by atoms with Gasteiger partial charge in [0.2, 0.25) is 0 Å². The van der Waals surface area contributed by atoms with Gasteiger partial charge in [0.1, 0.15) is 5.82 Å². The van der Waals surface area contributed by atoms with Crippen molar-refractivity contribution in [2.75, 3.05) is 31.9 Å². The molecule has 2 rings (SSSR count). The summed E-state index contributed by atoms with van der Waals surface area (Å²) in [4.78, 5) is 23.7. The predicted octanol–water partition coefficient (Wildman–Crippen LogP) is 1.29. The largest absolute Gasteiger partial charge is 0.384 e. The predicted molar refractivity (Wildman–Crippen MR) is 81.0 cm³/mol. The molecule has 0 bridgehead atoms. The Bertz CT molecular complexity index is 473. The molecule has 1 saturated heterocycles. The van der Waals surface area contributed by atoms with Crippen molar-refractivity contribution < 1.29 is 9.63 Å². The standard InChI is InChI=1S/C15H24N4O2/c1-15(2,3)14(20)21-19-8-6-18(7-9-19)11-12-4-5-13(16)17-10-12/h4-5,10H,6-9,11H2,1-3H3,(H2,16,17). The number of piperazine rings is 1. The molecule has 0 radical (unpaired) electrons. The van der Waals surface area contributed by atoms with Gasteiger partial charge in [-0.2, -0.15) is 0 Å². The minimum atomic E-state index is -0.466. The Labute approximate surface area is 125 Å². The van der Waals surface area contributed by atoms with E-state index < -0.39 is 5.41 Å². The van der Waals surface area contributed by atoms with Gasteiger partial charge in [-0.3, -0.25) is 4.90 Å². The van der Waals surface area contributed by atoms with Crippen LogP contribution in [0.3, 0.4) is 0 Å². The van der Waals surface area contributed by atoms with Gasteiger partial charge in [-0.25, -0.2) is 9.78 Å². The molecule has 0 aliphatic carbocycles. The van der Waals surface area contributed by atoms with Crippen LogP contribution in [0.1, 0.15) is 26.3 Å². The number of pyridine rings is 1. The average Bonchev–Trinajstić information content (AvgIpc) is 2.42. The average molecular weight is 292 g/mol. The van der Waals surface area contributed by atoms with Crippen molar-refractivity contribution in [1.29, 1.82) is 0 Å². The molecule has 6 nitrogen and oxygen atoms in total. The van der Waals surface area contributed by atoms with Gasteiger partial charge in [-0.1, -0.05) is 6.07 Å².